The van der Waals surface area contributed by atoms with Crippen LogP contribution >= 0.6 is 0 Å². The van der Waals surface area contributed by atoms with Crippen LogP contribution in [0.4, 0.5) is 4.79 Å². The van der Waals surface area contributed by atoms with E-state index in [0.29, 0.717) is 12.6 Å². The zero-order valence-corrected chi connectivity index (χ0v) is 13.7. The number of fused-ring (bicyclic) bond motifs is 1. The quantitative estimate of drug-likeness (QED) is 0.859. The van der Waals surface area contributed by atoms with Crippen LogP contribution in [-0.2, 0) is 24.2 Å². The Balaban J connectivity index is 1.29. The van der Waals surface area contributed by atoms with Gasteiger partial charge in [-0.25, -0.2) is 4.79 Å². The van der Waals surface area contributed by atoms with Crippen molar-refractivity contribution in [3.05, 3.63) is 11.6 Å². The van der Waals surface area contributed by atoms with Crippen LogP contribution in [0.1, 0.15) is 50.7 Å². The second kappa shape index (κ2) is 5.78. The van der Waals surface area contributed by atoms with Gasteiger partial charge in [0.05, 0.1) is 12.6 Å². The number of carbonyl (C=O) groups excluding carboxylic acids is 1. The maximum Gasteiger partial charge on any atom is 0.315 e. The average Bonchev–Trinajstić information content (AvgIpc) is 3.05. The molecule has 3 aliphatic rings. The van der Waals surface area contributed by atoms with E-state index in [-0.39, 0.29) is 17.5 Å². The number of nitrogens with zero attached hydrogens (tertiary/aromatic N) is 3. The van der Waals surface area contributed by atoms with E-state index in [4.69, 9.17) is 4.74 Å². The summed E-state index contributed by atoms with van der Waals surface area (Å²) in [5, 5.41) is 14.4. The van der Waals surface area contributed by atoms with Gasteiger partial charge >= 0.3 is 6.03 Å². The maximum atomic E-state index is 12.2. The monoisotopic (exact) mass is 319 g/mol. The molecule has 126 valence electrons. The first-order valence-electron chi connectivity index (χ1n) is 8.80. The van der Waals surface area contributed by atoms with Crippen molar-refractivity contribution in [3.63, 3.8) is 0 Å². The van der Waals surface area contributed by atoms with Crippen LogP contribution < -0.4 is 10.6 Å². The fourth-order valence-electron chi connectivity index (χ4n) is 4.35. The molecule has 0 aromatic carbocycles. The van der Waals surface area contributed by atoms with Gasteiger partial charge in [-0.2, -0.15) is 0 Å². The Hall–Kier alpha value is -1.63. The van der Waals surface area contributed by atoms with Gasteiger partial charge in [0.1, 0.15) is 5.82 Å². The molecule has 0 unspecified atom stereocenters. The van der Waals surface area contributed by atoms with Crippen molar-refractivity contribution in [2.75, 3.05) is 6.61 Å². The van der Waals surface area contributed by atoms with Crippen molar-refractivity contribution >= 4 is 6.03 Å². The zero-order valence-electron chi connectivity index (χ0n) is 13.7. The molecule has 2 amide bonds. The lowest BCUT2D eigenvalue weighted by molar-refractivity contribution is -0.169. The number of carbonyl (C=O) groups is 1. The fraction of sp³-hybridized carbons (Fsp3) is 0.812. The van der Waals surface area contributed by atoms with Gasteiger partial charge in [0.25, 0.3) is 0 Å². The molecule has 7 heteroatoms. The van der Waals surface area contributed by atoms with Crippen molar-refractivity contribution < 1.29 is 9.53 Å². The van der Waals surface area contributed by atoms with Crippen LogP contribution in [0.2, 0.25) is 0 Å². The lowest BCUT2D eigenvalue weighted by Crippen LogP contribution is -2.68. The third-order valence-corrected chi connectivity index (χ3v) is 5.84. The molecule has 1 aliphatic heterocycles. The van der Waals surface area contributed by atoms with E-state index in [0.717, 1.165) is 44.1 Å². The summed E-state index contributed by atoms with van der Waals surface area (Å²) >= 11 is 0. The topological polar surface area (TPSA) is 81.1 Å². The molecule has 2 N–H and O–H groups in total. The molecule has 2 fully saturated rings. The molecule has 2 aliphatic carbocycles. The number of ether oxygens (including phenoxy) is 1. The summed E-state index contributed by atoms with van der Waals surface area (Å²) in [5.74, 6) is 1.89. The SMILES string of the molecule is CCO[C@H]1C[C@H](NC(=O)NCc2nnc3n2CCC3)C12CCC2. The molecule has 2 heterocycles. The molecule has 23 heavy (non-hydrogen) atoms. The van der Waals surface area contributed by atoms with Crippen molar-refractivity contribution in [1.29, 1.82) is 0 Å². The molecular formula is C16H25N5O2. The van der Waals surface area contributed by atoms with Gasteiger partial charge in [0, 0.05) is 31.0 Å². The van der Waals surface area contributed by atoms with Gasteiger partial charge in [-0.3, -0.25) is 0 Å². The predicted octanol–water partition coefficient (Wildman–Crippen LogP) is 1.37. The average molecular weight is 319 g/mol. The number of hydrogen-bond donors (Lipinski definition) is 2. The van der Waals surface area contributed by atoms with Crippen LogP contribution in [0.3, 0.4) is 0 Å². The number of hydrogen-bond acceptors (Lipinski definition) is 4. The molecule has 1 aromatic rings. The summed E-state index contributed by atoms with van der Waals surface area (Å²) in [7, 11) is 0. The molecule has 2 atom stereocenters. The summed E-state index contributed by atoms with van der Waals surface area (Å²) in [5.41, 5.74) is 0.198. The van der Waals surface area contributed by atoms with Crippen LogP contribution in [-0.4, -0.2) is 39.5 Å². The smallest absolute Gasteiger partial charge is 0.315 e. The number of aromatic nitrogens is 3. The van der Waals surface area contributed by atoms with Crippen LogP contribution in [0.15, 0.2) is 0 Å². The lowest BCUT2D eigenvalue weighted by Gasteiger charge is -2.60. The fourth-order valence-corrected chi connectivity index (χ4v) is 4.35. The van der Waals surface area contributed by atoms with Crippen LogP contribution in [0, 0.1) is 5.41 Å². The van der Waals surface area contributed by atoms with E-state index in [1.807, 2.05) is 6.92 Å². The first-order valence-corrected chi connectivity index (χ1v) is 8.80. The Kier molecular flexibility index (Phi) is 3.75. The van der Waals surface area contributed by atoms with Gasteiger partial charge < -0.3 is 19.9 Å². The molecule has 4 rings (SSSR count). The van der Waals surface area contributed by atoms with E-state index in [1.165, 1.54) is 19.3 Å². The van der Waals surface area contributed by atoms with Crippen molar-refractivity contribution in [2.24, 2.45) is 5.41 Å². The van der Waals surface area contributed by atoms with E-state index in [9.17, 15) is 4.79 Å². The highest BCUT2D eigenvalue weighted by atomic mass is 16.5. The maximum absolute atomic E-state index is 12.2. The van der Waals surface area contributed by atoms with Crippen molar-refractivity contribution in [3.8, 4) is 0 Å². The van der Waals surface area contributed by atoms with Crippen LogP contribution in [0.5, 0.6) is 0 Å². The molecule has 0 radical (unpaired) electrons. The highest BCUT2D eigenvalue weighted by Gasteiger charge is 2.59. The summed E-state index contributed by atoms with van der Waals surface area (Å²) < 4.78 is 7.94. The summed E-state index contributed by atoms with van der Waals surface area (Å²) in [6, 6.07) is 0.142. The summed E-state index contributed by atoms with van der Waals surface area (Å²) in [4.78, 5) is 12.2. The molecule has 0 saturated heterocycles. The van der Waals surface area contributed by atoms with Crippen molar-refractivity contribution in [2.45, 2.75) is 70.7 Å². The molecule has 1 spiro atoms. The Morgan fingerprint density at radius 1 is 1.39 bits per heavy atom. The van der Waals surface area contributed by atoms with E-state index in [1.54, 1.807) is 0 Å². The Labute approximate surface area is 136 Å². The minimum absolute atomic E-state index is 0.105. The van der Waals surface area contributed by atoms with Gasteiger partial charge in [0.15, 0.2) is 5.82 Å². The standard InChI is InChI=1S/C16H25N5O2/c1-2-23-12-9-11(16(12)6-4-7-16)18-15(22)17-10-14-20-19-13-5-3-8-21(13)14/h11-12H,2-10H2,1H3,(H2,17,18,22)/t11-,12-/m0/s1. The lowest BCUT2D eigenvalue weighted by atomic mass is 9.51. The van der Waals surface area contributed by atoms with E-state index < -0.39 is 0 Å². The van der Waals surface area contributed by atoms with Gasteiger partial charge in [0.2, 0.25) is 0 Å². The highest BCUT2D eigenvalue weighted by Crippen LogP contribution is 2.57. The van der Waals surface area contributed by atoms with Gasteiger partial charge in [-0.1, -0.05) is 6.42 Å². The summed E-state index contributed by atoms with van der Waals surface area (Å²) in [6.45, 7) is 4.19. The van der Waals surface area contributed by atoms with Crippen molar-refractivity contribution in [1.82, 2.24) is 25.4 Å². The van der Waals surface area contributed by atoms with E-state index >= 15 is 0 Å². The Morgan fingerprint density at radius 2 is 2.26 bits per heavy atom. The molecule has 0 bridgehead atoms. The first kappa shape index (κ1) is 14.9. The number of nitrogens with one attached hydrogen (secondary N) is 2. The number of urea groups is 1. The predicted molar refractivity (Wildman–Crippen MR) is 83.8 cm³/mol. The third kappa shape index (κ3) is 2.41. The number of aryl methyl sites for hydroxylation is 1. The third-order valence-electron chi connectivity index (χ3n) is 5.84. The summed E-state index contributed by atoms with van der Waals surface area (Å²) in [6.07, 6.45) is 6.94. The van der Waals surface area contributed by atoms with Gasteiger partial charge in [-0.05, 0) is 32.6 Å². The molecule has 7 nitrogen and oxygen atoms in total. The molecule has 2 saturated carbocycles. The first-order chi connectivity index (χ1) is 11.2. The van der Waals surface area contributed by atoms with Crippen LogP contribution in [0.25, 0.3) is 0 Å². The Morgan fingerprint density at radius 3 is 3.00 bits per heavy atom. The Bertz CT molecular complexity index is 595. The van der Waals surface area contributed by atoms with Gasteiger partial charge in [-0.15, -0.1) is 10.2 Å². The highest BCUT2D eigenvalue weighted by molar-refractivity contribution is 5.74. The second-order valence-corrected chi connectivity index (χ2v) is 6.93. The number of rotatable bonds is 5. The minimum Gasteiger partial charge on any atom is -0.378 e. The molecular weight excluding hydrogens is 294 g/mol. The second-order valence-electron chi connectivity index (χ2n) is 6.93. The largest absolute Gasteiger partial charge is 0.378 e. The normalized spacial score (nSPS) is 27.2. The minimum atomic E-state index is -0.105. The van der Waals surface area contributed by atoms with E-state index in [2.05, 4.69) is 25.4 Å². The number of amides is 2. The zero-order chi connectivity index (χ0) is 15.9. The molecule has 1 aromatic heterocycles.